The zero-order valence-corrected chi connectivity index (χ0v) is 9.09. The molecular weight excluding hydrogens is 193 g/mol. The number of benzene rings is 1. The molecule has 0 aliphatic rings. The lowest BCUT2D eigenvalue weighted by molar-refractivity contribution is 0.206. The summed E-state index contributed by atoms with van der Waals surface area (Å²) >= 11 is 0. The van der Waals surface area contributed by atoms with Gasteiger partial charge in [0, 0.05) is 20.4 Å². The Morgan fingerprint density at radius 3 is 2.93 bits per heavy atom. The van der Waals surface area contributed by atoms with Crippen molar-refractivity contribution < 1.29 is 9.13 Å². The molecule has 0 atom stereocenters. The summed E-state index contributed by atoms with van der Waals surface area (Å²) in [7, 11) is 3.48. The first-order valence-corrected chi connectivity index (χ1v) is 4.89. The van der Waals surface area contributed by atoms with Gasteiger partial charge in [0.1, 0.15) is 5.82 Å². The van der Waals surface area contributed by atoms with Gasteiger partial charge in [0.05, 0.1) is 6.61 Å². The van der Waals surface area contributed by atoms with Crippen molar-refractivity contribution in [2.45, 2.75) is 6.42 Å². The van der Waals surface area contributed by atoms with E-state index in [0.29, 0.717) is 6.61 Å². The number of ether oxygens (including phenoxy) is 1. The molecule has 1 aromatic rings. The van der Waals surface area contributed by atoms with E-state index in [0.717, 1.165) is 17.6 Å². The number of rotatable bonds is 5. The van der Waals surface area contributed by atoms with Crippen LogP contribution in [0.25, 0.3) is 5.57 Å². The van der Waals surface area contributed by atoms with Crippen molar-refractivity contribution in [2.24, 2.45) is 0 Å². The number of nitrogens with one attached hydrogen (secondary N) is 1. The molecule has 0 aromatic heterocycles. The van der Waals surface area contributed by atoms with Crippen LogP contribution in [0.2, 0.25) is 0 Å². The molecule has 1 rings (SSSR count). The Hall–Kier alpha value is -1.35. The summed E-state index contributed by atoms with van der Waals surface area (Å²) in [6.07, 6.45) is 2.63. The second-order valence-electron chi connectivity index (χ2n) is 3.21. The van der Waals surface area contributed by atoms with Gasteiger partial charge in [-0.1, -0.05) is 12.1 Å². The van der Waals surface area contributed by atoms with Gasteiger partial charge in [0.2, 0.25) is 0 Å². The molecule has 1 aromatic carbocycles. The Bertz CT molecular complexity index is 336. The topological polar surface area (TPSA) is 21.3 Å². The SMILES string of the molecule is CN/C=C(/CCOC)c1cccc(F)c1. The van der Waals surface area contributed by atoms with E-state index in [4.69, 9.17) is 4.74 Å². The fourth-order valence-electron chi connectivity index (χ4n) is 1.37. The van der Waals surface area contributed by atoms with Crippen LogP contribution in [0.3, 0.4) is 0 Å². The maximum absolute atomic E-state index is 13.0. The van der Waals surface area contributed by atoms with Crippen LogP contribution in [-0.4, -0.2) is 20.8 Å². The highest BCUT2D eigenvalue weighted by Gasteiger charge is 2.02. The van der Waals surface area contributed by atoms with Crippen molar-refractivity contribution in [1.82, 2.24) is 5.32 Å². The van der Waals surface area contributed by atoms with Crippen molar-refractivity contribution in [3.63, 3.8) is 0 Å². The lowest BCUT2D eigenvalue weighted by atomic mass is 10.0. The van der Waals surface area contributed by atoms with E-state index in [2.05, 4.69) is 5.32 Å². The van der Waals surface area contributed by atoms with Crippen LogP contribution < -0.4 is 5.32 Å². The average Bonchev–Trinajstić information content (AvgIpc) is 2.24. The second kappa shape index (κ2) is 6.19. The Morgan fingerprint density at radius 2 is 2.33 bits per heavy atom. The fourth-order valence-corrected chi connectivity index (χ4v) is 1.37. The molecule has 82 valence electrons. The van der Waals surface area contributed by atoms with Gasteiger partial charge < -0.3 is 10.1 Å². The molecule has 15 heavy (non-hydrogen) atoms. The molecule has 0 heterocycles. The molecule has 0 amide bonds. The molecular formula is C12H16FNO. The minimum atomic E-state index is -0.216. The molecule has 3 heteroatoms. The molecule has 0 fully saturated rings. The number of hydrogen-bond donors (Lipinski definition) is 1. The van der Waals surface area contributed by atoms with E-state index >= 15 is 0 Å². The van der Waals surface area contributed by atoms with Crippen LogP contribution in [0.4, 0.5) is 4.39 Å². The highest BCUT2D eigenvalue weighted by molar-refractivity contribution is 5.65. The summed E-state index contributed by atoms with van der Waals surface area (Å²) in [6.45, 7) is 0.629. The predicted molar refractivity (Wildman–Crippen MR) is 59.9 cm³/mol. The average molecular weight is 209 g/mol. The van der Waals surface area contributed by atoms with Crippen molar-refractivity contribution >= 4 is 5.57 Å². The molecule has 0 radical (unpaired) electrons. The van der Waals surface area contributed by atoms with Gasteiger partial charge in [0.15, 0.2) is 0 Å². The Balaban J connectivity index is 2.84. The van der Waals surface area contributed by atoms with E-state index in [-0.39, 0.29) is 5.82 Å². The summed E-state index contributed by atoms with van der Waals surface area (Å²) in [5, 5.41) is 2.95. The van der Waals surface area contributed by atoms with Crippen molar-refractivity contribution in [1.29, 1.82) is 0 Å². The monoisotopic (exact) mass is 209 g/mol. The standard InChI is InChI=1S/C12H16FNO/c1-14-9-11(6-7-15-2)10-4-3-5-12(13)8-10/h3-5,8-9,14H,6-7H2,1-2H3/b11-9-. The van der Waals surface area contributed by atoms with Gasteiger partial charge in [0.25, 0.3) is 0 Å². The predicted octanol–water partition coefficient (Wildman–Crippen LogP) is 2.42. The molecule has 1 N–H and O–H groups in total. The van der Waals surface area contributed by atoms with Crippen LogP contribution in [0.1, 0.15) is 12.0 Å². The number of hydrogen-bond acceptors (Lipinski definition) is 2. The zero-order chi connectivity index (χ0) is 11.1. The van der Waals surface area contributed by atoms with Gasteiger partial charge in [-0.3, -0.25) is 0 Å². The highest BCUT2D eigenvalue weighted by Crippen LogP contribution is 2.18. The van der Waals surface area contributed by atoms with Gasteiger partial charge >= 0.3 is 0 Å². The van der Waals surface area contributed by atoms with E-state index in [9.17, 15) is 4.39 Å². The quantitative estimate of drug-likeness (QED) is 0.804. The molecule has 0 saturated carbocycles. The fraction of sp³-hybridized carbons (Fsp3) is 0.333. The van der Waals surface area contributed by atoms with Gasteiger partial charge in [-0.25, -0.2) is 4.39 Å². The maximum atomic E-state index is 13.0. The summed E-state index contributed by atoms with van der Waals surface area (Å²) < 4.78 is 18.0. The second-order valence-corrected chi connectivity index (χ2v) is 3.21. The largest absolute Gasteiger partial charge is 0.394 e. The summed E-state index contributed by atoms with van der Waals surface area (Å²) in [5.41, 5.74) is 1.93. The van der Waals surface area contributed by atoms with Gasteiger partial charge in [-0.05, 0) is 29.7 Å². The molecule has 2 nitrogen and oxygen atoms in total. The third kappa shape index (κ3) is 3.72. The van der Waals surface area contributed by atoms with Crippen molar-refractivity contribution in [3.05, 3.63) is 41.8 Å². The molecule has 0 bridgehead atoms. The first-order chi connectivity index (χ1) is 7.27. The minimum absolute atomic E-state index is 0.216. The normalized spacial score (nSPS) is 11.5. The summed E-state index contributed by atoms with van der Waals surface area (Å²) in [5.74, 6) is -0.216. The maximum Gasteiger partial charge on any atom is 0.123 e. The third-order valence-electron chi connectivity index (χ3n) is 2.09. The lowest BCUT2D eigenvalue weighted by Crippen LogP contribution is -1.99. The van der Waals surface area contributed by atoms with Crippen LogP contribution in [0.5, 0.6) is 0 Å². The molecule has 0 unspecified atom stereocenters. The van der Waals surface area contributed by atoms with E-state index < -0.39 is 0 Å². The number of halogens is 1. The lowest BCUT2D eigenvalue weighted by Gasteiger charge is -2.07. The van der Waals surface area contributed by atoms with Crippen LogP contribution in [0, 0.1) is 5.82 Å². The van der Waals surface area contributed by atoms with Crippen molar-refractivity contribution in [2.75, 3.05) is 20.8 Å². The van der Waals surface area contributed by atoms with Crippen LogP contribution >= 0.6 is 0 Å². The van der Waals surface area contributed by atoms with E-state index in [1.807, 2.05) is 19.3 Å². The van der Waals surface area contributed by atoms with Crippen LogP contribution in [-0.2, 0) is 4.74 Å². The molecule has 0 aliphatic heterocycles. The first-order valence-electron chi connectivity index (χ1n) is 4.89. The smallest absolute Gasteiger partial charge is 0.123 e. The minimum Gasteiger partial charge on any atom is -0.394 e. The van der Waals surface area contributed by atoms with E-state index in [1.54, 1.807) is 13.2 Å². The molecule has 0 saturated heterocycles. The molecule has 0 aliphatic carbocycles. The van der Waals surface area contributed by atoms with Crippen molar-refractivity contribution in [3.8, 4) is 0 Å². The summed E-state index contributed by atoms with van der Waals surface area (Å²) in [4.78, 5) is 0. The number of methoxy groups -OCH3 is 1. The van der Waals surface area contributed by atoms with Crippen LogP contribution in [0.15, 0.2) is 30.5 Å². The molecule has 0 spiro atoms. The zero-order valence-electron chi connectivity index (χ0n) is 9.09. The Morgan fingerprint density at radius 1 is 1.53 bits per heavy atom. The third-order valence-corrected chi connectivity index (χ3v) is 2.09. The summed E-state index contributed by atoms with van der Waals surface area (Å²) in [6, 6.07) is 6.57. The Kier molecular flexibility index (Phi) is 4.84. The van der Waals surface area contributed by atoms with Gasteiger partial charge in [-0.2, -0.15) is 0 Å². The first kappa shape index (κ1) is 11.7. The Labute approximate surface area is 89.8 Å². The highest BCUT2D eigenvalue weighted by atomic mass is 19.1. The van der Waals surface area contributed by atoms with E-state index in [1.165, 1.54) is 12.1 Å². The van der Waals surface area contributed by atoms with Gasteiger partial charge in [-0.15, -0.1) is 0 Å².